The summed E-state index contributed by atoms with van der Waals surface area (Å²) in [5.41, 5.74) is 5.23. The second kappa shape index (κ2) is 9.38. The fourth-order valence-corrected chi connectivity index (χ4v) is 6.43. The van der Waals surface area contributed by atoms with E-state index in [1.54, 1.807) is 11.3 Å². The van der Waals surface area contributed by atoms with Gasteiger partial charge in [0.05, 0.1) is 22.6 Å². The van der Waals surface area contributed by atoms with Crippen LogP contribution in [0.3, 0.4) is 0 Å². The van der Waals surface area contributed by atoms with E-state index < -0.39 is 18.3 Å². The van der Waals surface area contributed by atoms with Gasteiger partial charge >= 0.3 is 7.12 Å². The third-order valence-corrected chi connectivity index (χ3v) is 9.28. The summed E-state index contributed by atoms with van der Waals surface area (Å²) in [6.07, 6.45) is 0. The smallest absolute Gasteiger partial charge is 0.399 e. The molecule has 4 aromatic carbocycles. The average Bonchev–Trinajstić information content (AvgIpc) is 3.45. The number of benzene rings is 4. The molecule has 0 atom stereocenters. The molecule has 1 aliphatic heterocycles. The Kier molecular flexibility index (Phi) is 5.90. The molecule has 3 heterocycles. The van der Waals surface area contributed by atoms with E-state index in [4.69, 9.17) is 19.3 Å². The van der Waals surface area contributed by atoms with Crippen LogP contribution in [-0.4, -0.2) is 28.3 Å². The molecule has 2 aromatic heterocycles. The minimum absolute atomic E-state index is 0.392. The summed E-state index contributed by atoms with van der Waals surface area (Å²) < 4.78 is 15.3. The summed E-state index contributed by atoms with van der Waals surface area (Å²) in [4.78, 5) is 10.1. The van der Waals surface area contributed by atoms with Crippen molar-refractivity contribution in [2.45, 2.75) is 38.9 Å². The molecule has 0 N–H and O–H groups in total. The van der Waals surface area contributed by atoms with Gasteiger partial charge in [-0.2, -0.15) is 0 Å². The molecular formula is C34H29BN2O2S. The van der Waals surface area contributed by atoms with Crippen molar-refractivity contribution in [3.8, 4) is 33.9 Å². The van der Waals surface area contributed by atoms with Crippen molar-refractivity contribution in [2.75, 3.05) is 0 Å². The summed E-state index contributed by atoms with van der Waals surface area (Å²) in [6, 6.07) is 35.6. The topological polar surface area (TPSA) is 44.2 Å². The van der Waals surface area contributed by atoms with Crippen LogP contribution in [0.5, 0.6) is 0 Å². The highest BCUT2D eigenvalue weighted by molar-refractivity contribution is 7.26. The largest absolute Gasteiger partial charge is 0.495 e. The lowest BCUT2D eigenvalue weighted by molar-refractivity contribution is 0.00578. The van der Waals surface area contributed by atoms with Crippen LogP contribution in [0, 0.1) is 0 Å². The third-order valence-electron chi connectivity index (χ3n) is 8.16. The monoisotopic (exact) mass is 540 g/mol. The van der Waals surface area contributed by atoms with Gasteiger partial charge in [0.25, 0.3) is 0 Å². The van der Waals surface area contributed by atoms with Crippen LogP contribution in [0.1, 0.15) is 27.7 Å². The Morgan fingerprint density at radius 1 is 0.600 bits per heavy atom. The summed E-state index contributed by atoms with van der Waals surface area (Å²) in [6.45, 7) is 8.38. The van der Waals surface area contributed by atoms with Crippen LogP contribution < -0.4 is 5.46 Å². The van der Waals surface area contributed by atoms with Gasteiger partial charge in [0.15, 0.2) is 5.82 Å². The minimum atomic E-state index is -0.412. The van der Waals surface area contributed by atoms with E-state index in [0.717, 1.165) is 33.5 Å². The first-order chi connectivity index (χ1) is 19.3. The van der Waals surface area contributed by atoms with Crippen LogP contribution in [0.25, 0.3) is 54.1 Å². The molecule has 0 unspecified atom stereocenters. The Hall–Kier alpha value is -3.84. The quantitative estimate of drug-likeness (QED) is 0.212. The van der Waals surface area contributed by atoms with Crippen molar-refractivity contribution >= 4 is 44.1 Å². The predicted molar refractivity (Wildman–Crippen MR) is 167 cm³/mol. The van der Waals surface area contributed by atoms with Crippen molar-refractivity contribution in [3.05, 3.63) is 103 Å². The number of rotatable bonds is 4. The molecule has 1 fully saturated rings. The summed E-state index contributed by atoms with van der Waals surface area (Å²) in [5, 5.41) is 2.38. The van der Waals surface area contributed by atoms with Crippen molar-refractivity contribution in [3.63, 3.8) is 0 Å². The lowest BCUT2D eigenvalue weighted by Gasteiger charge is -2.32. The molecule has 0 aliphatic carbocycles. The first kappa shape index (κ1) is 25.2. The van der Waals surface area contributed by atoms with Crippen molar-refractivity contribution in [1.82, 2.24) is 9.97 Å². The van der Waals surface area contributed by atoms with E-state index in [-0.39, 0.29) is 0 Å². The summed E-state index contributed by atoms with van der Waals surface area (Å²) >= 11 is 1.78. The number of thiophene rings is 1. The zero-order valence-corrected chi connectivity index (χ0v) is 23.8. The van der Waals surface area contributed by atoms with Gasteiger partial charge in [0.1, 0.15) is 0 Å². The van der Waals surface area contributed by atoms with Gasteiger partial charge < -0.3 is 9.31 Å². The Morgan fingerprint density at radius 3 is 1.80 bits per heavy atom. The molecule has 0 bridgehead atoms. The summed E-state index contributed by atoms with van der Waals surface area (Å²) in [5.74, 6) is 0.714. The molecule has 1 aliphatic rings. The molecule has 4 nitrogen and oxygen atoms in total. The molecule has 6 aromatic rings. The van der Waals surface area contributed by atoms with Gasteiger partial charge in [-0.15, -0.1) is 11.3 Å². The van der Waals surface area contributed by atoms with Gasteiger partial charge in [-0.25, -0.2) is 9.97 Å². The van der Waals surface area contributed by atoms with Crippen LogP contribution in [0.4, 0.5) is 0 Å². The Balaban J connectivity index is 1.36. The highest BCUT2D eigenvalue weighted by Crippen LogP contribution is 2.40. The van der Waals surface area contributed by atoms with E-state index in [9.17, 15) is 0 Å². The zero-order chi connectivity index (χ0) is 27.5. The molecule has 6 heteroatoms. The molecule has 0 spiro atoms. The van der Waals surface area contributed by atoms with Gasteiger partial charge in [0.2, 0.25) is 0 Å². The molecule has 0 radical (unpaired) electrons. The normalized spacial score (nSPS) is 16.1. The second-order valence-electron chi connectivity index (χ2n) is 11.3. The van der Waals surface area contributed by atoms with Crippen LogP contribution >= 0.6 is 11.3 Å². The van der Waals surface area contributed by atoms with Gasteiger partial charge in [0, 0.05) is 36.9 Å². The molecule has 7 rings (SSSR count). The van der Waals surface area contributed by atoms with Crippen molar-refractivity contribution in [1.29, 1.82) is 0 Å². The first-order valence-corrected chi connectivity index (χ1v) is 14.4. The number of fused-ring (bicyclic) bond motifs is 3. The lowest BCUT2D eigenvalue weighted by atomic mass is 9.76. The fraction of sp³-hybridized carbons (Fsp3) is 0.176. The summed E-state index contributed by atoms with van der Waals surface area (Å²) in [7, 11) is -0.412. The van der Waals surface area contributed by atoms with Crippen LogP contribution in [0.15, 0.2) is 103 Å². The van der Waals surface area contributed by atoms with Crippen LogP contribution in [0.2, 0.25) is 0 Å². The van der Waals surface area contributed by atoms with E-state index in [2.05, 4.69) is 94.4 Å². The Morgan fingerprint density at radius 2 is 1.20 bits per heavy atom. The van der Waals surface area contributed by atoms with E-state index in [0.29, 0.717) is 5.82 Å². The highest BCUT2D eigenvalue weighted by Gasteiger charge is 2.52. The molecule has 0 amide bonds. The molecule has 0 saturated carbocycles. The van der Waals surface area contributed by atoms with Crippen molar-refractivity contribution < 1.29 is 9.31 Å². The van der Waals surface area contributed by atoms with Gasteiger partial charge in [-0.05, 0) is 51.4 Å². The fourth-order valence-electron chi connectivity index (χ4n) is 5.25. The molecule has 1 saturated heterocycles. The lowest BCUT2D eigenvalue weighted by Crippen LogP contribution is -2.41. The maximum Gasteiger partial charge on any atom is 0.495 e. The molecule has 40 heavy (non-hydrogen) atoms. The third kappa shape index (κ3) is 4.24. The highest BCUT2D eigenvalue weighted by atomic mass is 32.1. The number of hydrogen-bond donors (Lipinski definition) is 0. The second-order valence-corrected chi connectivity index (χ2v) is 12.4. The maximum absolute atomic E-state index is 6.44. The van der Waals surface area contributed by atoms with E-state index in [1.165, 1.54) is 20.2 Å². The standard InChI is InChI=1S/C34H29BN2O2S/c1-33(2)34(3,4)39-35(38-33)26-16-11-17-29-31(26)25-19-18-24(20-30(25)40-29)32-36-27(22-12-7-5-8-13-22)21-28(37-32)23-14-9-6-10-15-23/h5-21H,1-4H3. The Bertz CT molecular complexity index is 1790. The molecule has 196 valence electrons. The zero-order valence-electron chi connectivity index (χ0n) is 23.0. The van der Waals surface area contributed by atoms with Crippen molar-refractivity contribution in [2.24, 2.45) is 0 Å². The number of aromatic nitrogens is 2. The van der Waals surface area contributed by atoms with Crippen LogP contribution in [-0.2, 0) is 9.31 Å². The van der Waals surface area contributed by atoms with Gasteiger partial charge in [-0.1, -0.05) is 84.9 Å². The first-order valence-electron chi connectivity index (χ1n) is 13.6. The predicted octanol–water partition coefficient (Wildman–Crippen LogP) is 8.14. The van der Waals surface area contributed by atoms with Gasteiger partial charge in [-0.3, -0.25) is 0 Å². The van der Waals surface area contributed by atoms with E-state index in [1.807, 2.05) is 36.4 Å². The number of nitrogens with zero attached hydrogens (tertiary/aromatic N) is 2. The minimum Gasteiger partial charge on any atom is -0.399 e. The average molecular weight is 540 g/mol. The van der Waals surface area contributed by atoms with E-state index >= 15 is 0 Å². The Labute approximate surface area is 238 Å². The number of hydrogen-bond acceptors (Lipinski definition) is 5. The SMILES string of the molecule is CC1(C)OB(c2cccc3sc4cc(-c5nc(-c6ccccc6)cc(-c6ccccc6)n5)ccc4c23)OC1(C)C. The maximum atomic E-state index is 6.44. The molecular weight excluding hydrogens is 511 g/mol.